The van der Waals surface area contributed by atoms with Gasteiger partial charge in [-0.15, -0.1) is 0 Å². The van der Waals surface area contributed by atoms with E-state index in [0.29, 0.717) is 0 Å². The first kappa shape index (κ1) is 15.8. The monoisotopic (exact) mass is 344 g/mol. The molecule has 0 aliphatic heterocycles. The van der Waals surface area contributed by atoms with Gasteiger partial charge in [-0.3, -0.25) is 0 Å². The van der Waals surface area contributed by atoms with Crippen molar-refractivity contribution in [3.63, 3.8) is 0 Å². The predicted molar refractivity (Wildman–Crippen MR) is 117 cm³/mol. The minimum absolute atomic E-state index is 1.26. The van der Waals surface area contributed by atoms with E-state index in [1.807, 2.05) is 0 Å². The highest BCUT2D eigenvalue weighted by Crippen LogP contribution is 2.33. The normalized spacial score (nSPS) is 11.1. The summed E-state index contributed by atoms with van der Waals surface area (Å²) in [5, 5.41) is 5.20. The molecule has 0 heteroatoms. The molecule has 0 saturated carbocycles. The van der Waals surface area contributed by atoms with Crippen LogP contribution in [-0.4, -0.2) is 0 Å². The lowest BCUT2D eigenvalue weighted by atomic mass is 9.93. The zero-order valence-electron chi connectivity index (χ0n) is 15.3. The summed E-state index contributed by atoms with van der Waals surface area (Å²) in [7, 11) is 0. The fourth-order valence-corrected chi connectivity index (χ4v) is 3.92. The van der Waals surface area contributed by atoms with Crippen molar-refractivity contribution in [1.82, 2.24) is 0 Å². The molecule has 27 heavy (non-hydrogen) atoms. The molecule has 0 aliphatic rings. The van der Waals surface area contributed by atoms with Crippen molar-refractivity contribution in [2.45, 2.75) is 6.92 Å². The van der Waals surface area contributed by atoms with E-state index in [2.05, 4.69) is 110 Å². The molecule has 0 heterocycles. The molecule has 0 aliphatic carbocycles. The fourth-order valence-electron chi connectivity index (χ4n) is 3.92. The third-order valence-corrected chi connectivity index (χ3v) is 5.40. The van der Waals surface area contributed by atoms with Crippen LogP contribution < -0.4 is 0 Å². The highest BCUT2D eigenvalue weighted by atomic mass is 14.1. The summed E-state index contributed by atoms with van der Waals surface area (Å²) in [6.45, 7) is 2.18. The Bertz CT molecular complexity index is 1260. The summed E-state index contributed by atoms with van der Waals surface area (Å²) in [6, 6.07) is 37.2. The minimum atomic E-state index is 1.26. The summed E-state index contributed by atoms with van der Waals surface area (Å²) in [5.41, 5.74) is 6.41. The average molecular weight is 344 g/mol. The second-order valence-electron chi connectivity index (χ2n) is 7.12. The molecular weight excluding hydrogens is 324 g/mol. The molecule has 0 nitrogen and oxygen atoms in total. The van der Waals surface area contributed by atoms with E-state index in [9.17, 15) is 0 Å². The zero-order valence-corrected chi connectivity index (χ0v) is 15.3. The van der Waals surface area contributed by atoms with Crippen LogP contribution in [0.25, 0.3) is 43.8 Å². The molecule has 0 aromatic heterocycles. The number of benzene rings is 5. The summed E-state index contributed by atoms with van der Waals surface area (Å²) >= 11 is 0. The van der Waals surface area contributed by atoms with Crippen LogP contribution >= 0.6 is 0 Å². The highest BCUT2D eigenvalue weighted by molar-refractivity contribution is 6.00. The van der Waals surface area contributed by atoms with E-state index in [4.69, 9.17) is 0 Å². The van der Waals surface area contributed by atoms with Gasteiger partial charge in [-0.05, 0) is 68.4 Å². The van der Waals surface area contributed by atoms with Gasteiger partial charge >= 0.3 is 0 Å². The quantitative estimate of drug-likeness (QED) is 0.309. The van der Waals surface area contributed by atoms with Crippen molar-refractivity contribution in [2.75, 3.05) is 0 Å². The van der Waals surface area contributed by atoms with Crippen molar-refractivity contribution in [3.8, 4) is 22.3 Å². The molecule has 5 rings (SSSR count). The van der Waals surface area contributed by atoms with Gasteiger partial charge in [0.15, 0.2) is 0 Å². The van der Waals surface area contributed by atoms with Crippen molar-refractivity contribution >= 4 is 21.5 Å². The molecule has 128 valence electrons. The van der Waals surface area contributed by atoms with Crippen LogP contribution in [0.15, 0.2) is 103 Å². The Balaban J connectivity index is 1.65. The standard InChI is InChI=1S/C27H20/c1-19-11-16-26(27-10-6-5-9-25(19)27)24-15-14-22-17-21(12-13-23(22)18-24)20-7-3-2-4-8-20/h2-18H,1H3. The van der Waals surface area contributed by atoms with Gasteiger partial charge in [0, 0.05) is 0 Å². The van der Waals surface area contributed by atoms with Gasteiger partial charge < -0.3 is 0 Å². The molecule has 0 amide bonds. The first-order valence-electron chi connectivity index (χ1n) is 9.37. The summed E-state index contributed by atoms with van der Waals surface area (Å²) in [4.78, 5) is 0. The maximum absolute atomic E-state index is 2.31. The second kappa shape index (κ2) is 6.41. The molecule has 5 aromatic rings. The smallest absolute Gasteiger partial charge is 0.0103 e. The molecule has 0 unspecified atom stereocenters. The Morgan fingerprint density at radius 3 is 1.85 bits per heavy atom. The summed E-state index contributed by atoms with van der Waals surface area (Å²) in [6.07, 6.45) is 0. The Hall–Kier alpha value is -3.38. The van der Waals surface area contributed by atoms with Crippen LogP contribution in [0.3, 0.4) is 0 Å². The number of hydrogen-bond acceptors (Lipinski definition) is 0. The lowest BCUT2D eigenvalue weighted by molar-refractivity contribution is 1.53. The van der Waals surface area contributed by atoms with E-state index in [-0.39, 0.29) is 0 Å². The molecule has 0 spiro atoms. The Morgan fingerprint density at radius 1 is 0.444 bits per heavy atom. The first-order chi connectivity index (χ1) is 13.3. The third kappa shape index (κ3) is 2.80. The maximum Gasteiger partial charge on any atom is -0.0103 e. The topological polar surface area (TPSA) is 0 Å². The molecule has 0 fully saturated rings. The SMILES string of the molecule is Cc1ccc(-c2ccc3cc(-c4ccccc4)ccc3c2)c2ccccc12. The largest absolute Gasteiger partial charge is 0.0622 e. The van der Waals surface area contributed by atoms with E-state index in [0.717, 1.165) is 0 Å². The van der Waals surface area contributed by atoms with Crippen LogP contribution in [0.5, 0.6) is 0 Å². The van der Waals surface area contributed by atoms with Gasteiger partial charge in [0.2, 0.25) is 0 Å². The van der Waals surface area contributed by atoms with Crippen molar-refractivity contribution in [3.05, 3.63) is 109 Å². The number of hydrogen-bond donors (Lipinski definition) is 0. The van der Waals surface area contributed by atoms with Crippen molar-refractivity contribution < 1.29 is 0 Å². The molecule has 0 saturated heterocycles. The van der Waals surface area contributed by atoms with Gasteiger partial charge in [-0.2, -0.15) is 0 Å². The zero-order chi connectivity index (χ0) is 18.2. The van der Waals surface area contributed by atoms with Crippen LogP contribution in [-0.2, 0) is 0 Å². The maximum atomic E-state index is 2.31. The lowest BCUT2D eigenvalue weighted by Crippen LogP contribution is -1.85. The van der Waals surface area contributed by atoms with E-state index in [1.165, 1.54) is 49.4 Å². The molecular formula is C27H20. The highest BCUT2D eigenvalue weighted by Gasteiger charge is 2.07. The first-order valence-corrected chi connectivity index (χ1v) is 9.37. The van der Waals surface area contributed by atoms with Crippen molar-refractivity contribution in [1.29, 1.82) is 0 Å². The fraction of sp³-hybridized carbons (Fsp3) is 0.0370. The molecule has 0 bridgehead atoms. The van der Waals surface area contributed by atoms with Crippen LogP contribution in [0, 0.1) is 6.92 Å². The van der Waals surface area contributed by atoms with Gasteiger partial charge in [0.1, 0.15) is 0 Å². The van der Waals surface area contributed by atoms with Gasteiger partial charge in [0.05, 0.1) is 0 Å². The number of rotatable bonds is 2. The average Bonchev–Trinajstić information content (AvgIpc) is 2.74. The second-order valence-corrected chi connectivity index (χ2v) is 7.12. The lowest BCUT2D eigenvalue weighted by Gasteiger charge is -2.11. The summed E-state index contributed by atoms with van der Waals surface area (Å²) in [5.74, 6) is 0. The van der Waals surface area contributed by atoms with Crippen LogP contribution in [0.1, 0.15) is 5.56 Å². The van der Waals surface area contributed by atoms with Gasteiger partial charge in [0.25, 0.3) is 0 Å². The third-order valence-electron chi connectivity index (χ3n) is 5.40. The van der Waals surface area contributed by atoms with Crippen LogP contribution in [0.4, 0.5) is 0 Å². The number of fused-ring (bicyclic) bond motifs is 2. The minimum Gasteiger partial charge on any atom is -0.0622 e. The molecule has 5 aromatic carbocycles. The molecule has 0 atom stereocenters. The van der Waals surface area contributed by atoms with E-state index >= 15 is 0 Å². The van der Waals surface area contributed by atoms with Crippen molar-refractivity contribution in [2.24, 2.45) is 0 Å². The Morgan fingerprint density at radius 2 is 1.07 bits per heavy atom. The Labute approximate surface area is 159 Å². The molecule has 0 N–H and O–H groups in total. The Kier molecular flexibility index (Phi) is 3.76. The van der Waals surface area contributed by atoms with E-state index < -0.39 is 0 Å². The van der Waals surface area contributed by atoms with Gasteiger partial charge in [-0.1, -0.05) is 91.0 Å². The molecule has 0 radical (unpaired) electrons. The predicted octanol–water partition coefficient (Wildman–Crippen LogP) is 7.64. The number of aryl methyl sites for hydroxylation is 1. The van der Waals surface area contributed by atoms with Crippen LogP contribution in [0.2, 0.25) is 0 Å². The summed E-state index contributed by atoms with van der Waals surface area (Å²) < 4.78 is 0. The van der Waals surface area contributed by atoms with Gasteiger partial charge in [-0.25, -0.2) is 0 Å². The van der Waals surface area contributed by atoms with E-state index in [1.54, 1.807) is 0 Å².